The molecular weight excluding hydrogens is 593 g/mol. The molecule has 12 heteroatoms. The Hall–Kier alpha value is -3.51. The Bertz CT molecular complexity index is 1520. The zero-order valence-corrected chi connectivity index (χ0v) is 23.8. The molecule has 0 saturated heterocycles. The van der Waals surface area contributed by atoms with Gasteiger partial charge in [0.1, 0.15) is 11.9 Å². The summed E-state index contributed by atoms with van der Waals surface area (Å²) in [5.41, 5.74) is -0.110. The normalized spacial score (nSPS) is 16.1. The number of carbonyl (C=O) groups is 2. The summed E-state index contributed by atoms with van der Waals surface area (Å²) >= 11 is 2.89. The number of aromatic nitrogens is 2. The van der Waals surface area contributed by atoms with Gasteiger partial charge in [0.05, 0.1) is 23.5 Å². The number of nitrogens with zero attached hydrogens (tertiary/aromatic N) is 3. The molecule has 1 aliphatic rings. The first-order valence-electron chi connectivity index (χ1n) is 12.6. The van der Waals surface area contributed by atoms with Gasteiger partial charge in [0.15, 0.2) is 0 Å². The number of carbonyl (C=O) groups excluding carboxylic acids is 2. The number of aliphatic hydroxyl groups is 1. The van der Waals surface area contributed by atoms with Gasteiger partial charge in [0.25, 0.3) is 17.4 Å². The summed E-state index contributed by atoms with van der Waals surface area (Å²) in [6.45, 7) is 5.12. The van der Waals surface area contributed by atoms with E-state index >= 15 is 0 Å². The molecule has 2 atom stereocenters. The Morgan fingerprint density at radius 1 is 1.12 bits per heavy atom. The molecule has 4 rings (SSSR count). The van der Waals surface area contributed by atoms with Gasteiger partial charge in [-0.25, -0.2) is 4.98 Å². The van der Waals surface area contributed by atoms with Gasteiger partial charge in [-0.2, -0.15) is 13.2 Å². The van der Waals surface area contributed by atoms with Gasteiger partial charge in [-0.3, -0.25) is 19.0 Å². The highest BCUT2D eigenvalue weighted by atomic mass is 79.9. The van der Waals surface area contributed by atoms with Gasteiger partial charge in [-0.05, 0) is 61.7 Å². The van der Waals surface area contributed by atoms with Crippen molar-refractivity contribution in [2.75, 3.05) is 7.05 Å². The zero-order chi connectivity index (χ0) is 29.5. The largest absolute Gasteiger partial charge is 0.417 e. The van der Waals surface area contributed by atoms with Crippen molar-refractivity contribution in [2.24, 2.45) is 5.92 Å². The van der Waals surface area contributed by atoms with Crippen LogP contribution in [0.25, 0.3) is 5.69 Å². The van der Waals surface area contributed by atoms with Crippen LogP contribution in [0.1, 0.15) is 70.2 Å². The maximum atomic E-state index is 13.8. The smallest absolute Gasteiger partial charge is 0.385 e. The van der Waals surface area contributed by atoms with Crippen LogP contribution in [0.3, 0.4) is 0 Å². The first kappa shape index (κ1) is 29.5. The van der Waals surface area contributed by atoms with Gasteiger partial charge in [0.2, 0.25) is 0 Å². The maximum absolute atomic E-state index is 13.8. The second-order valence-electron chi connectivity index (χ2n) is 10.0. The topological polar surface area (TPSA) is 105 Å². The number of nitrogens with one attached hydrogen (secondary N) is 1. The third kappa shape index (κ3) is 5.55. The summed E-state index contributed by atoms with van der Waals surface area (Å²) in [7, 11) is 1.51. The predicted molar refractivity (Wildman–Crippen MR) is 145 cm³/mol. The minimum Gasteiger partial charge on any atom is -0.385 e. The Morgan fingerprint density at radius 2 is 1.75 bits per heavy atom. The molecule has 40 heavy (non-hydrogen) atoms. The van der Waals surface area contributed by atoms with Crippen LogP contribution >= 0.6 is 15.9 Å². The monoisotopic (exact) mass is 620 g/mol. The van der Waals surface area contributed by atoms with Crippen molar-refractivity contribution < 1.29 is 27.9 Å². The Kier molecular flexibility index (Phi) is 8.23. The van der Waals surface area contributed by atoms with Crippen LogP contribution < -0.4 is 10.9 Å². The second-order valence-corrected chi connectivity index (χ2v) is 10.9. The number of halogens is 4. The fourth-order valence-electron chi connectivity index (χ4n) is 4.64. The number of fused-ring (bicyclic) bond motifs is 1. The minimum atomic E-state index is -4.65. The Morgan fingerprint density at radius 3 is 2.33 bits per heavy atom. The van der Waals surface area contributed by atoms with Crippen LogP contribution in [0.5, 0.6) is 0 Å². The van der Waals surface area contributed by atoms with E-state index in [0.29, 0.717) is 16.8 Å². The molecule has 2 amide bonds. The van der Waals surface area contributed by atoms with Crippen molar-refractivity contribution in [1.82, 2.24) is 19.8 Å². The van der Waals surface area contributed by atoms with Crippen LogP contribution in [0.4, 0.5) is 13.2 Å². The van der Waals surface area contributed by atoms with Crippen molar-refractivity contribution in [3.8, 4) is 5.69 Å². The molecule has 1 aromatic heterocycles. The maximum Gasteiger partial charge on any atom is 0.417 e. The molecule has 0 radical (unpaired) electrons. The lowest BCUT2D eigenvalue weighted by Gasteiger charge is -2.35. The number of hydrogen-bond donors (Lipinski definition) is 2. The zero-order valence-electron chi connectivity index (χ0n) is 22.2. The number of hydrogen-bond acceptors (Lipinski definition) is 5. The lowest BCUT2D eigenvalue weighted by atomic mass is 9.97. The summed E-state index contributed by atoms with van der Waals surface area (Å²) in [4.78, 5) is 45.2. The fraction of sp³-hybridized carbons (Fsp3) is 0.357. The number of aliphatic hydroxyl groups excluding tert-OH is 1. The average molecular weight is 621 g/mol. The molecule has 0 aliphatic carbocycles. The lowest BCUT2D eigenvalue weighted by Crippen LogP contribution is -2.46. The fourth-order valence-corrected chi connectivity index (χ4v) is 5.11. The summed E-state index contributed by atoms with van der Waals surface area (Å²) in [5, 5.41) is 13.5. The number of alkyl halides is 3. The summed E-state index contributed by atoms with van der Waals surface area (Å²) in [5.74, 6) is -1.17. The molecular formula is C28H28BrF3N4O4. The van der Waals surface area contributed by atoms with Gasteiger partial charge < -0.3 is 15.3 Å². The predicted octanol–water partition coefficient (Wildman–Crippen LogP) is 4.65. The van der Waals surface area contributed by atoms with Crippen molar-refractivity contribution in [2.45, 2.75) is 52.1 Å². The van der Waals surface area contributed by atoms with Crippen LogP contribution in [0.2, 0.25) is 0 Å². The molecule has 2 N–H and O–H groups in total. The second kappa shape index (κ2) is 11.2. The third-order valence-corrected chi connectivity index (χ3v) is 7.62. The highest BCUT2D eigenvalue weighted by molar-refractivity contribution is 9.10. The number of amides is 2. The van der Waals surface area contributed by atoms with Gasteiger partial charge in [-0.1, -0.05) is 29.8 Å². The quantitative estimate of drug-likeness (QED) is 0.432. The van der Waals surface area contributed by atoms with E-state index in [-0.39, 0.29) is 46.3 Å². The molecule has 0 bridgehead atoms. The highest BCUT2D eigenvalue weighted by Crippen LogP contribution is 2.36. The number of rotatable bonds is 5. The SMILES string of the molecule is CNC(=O)c1ccc(-n2c([C@H](O)C(C)C)nc3c(c2=O)C[C@@H](C)N(C(=O)c2ccc(Br)c(C(F)(F)F)c2)C3)cc1. The molecule has 1 aliphatic heterocycles. The van der Waals surface area contributed by atoms with Gasteiger partial charge >= 0.3 is 6.18 Å². The first-order valence-corrected chi connectivity index (χ1v) is 13.4. The van der Waals surface area contributed by atoms with E-state index in [2.05, 4.69) is 26.2 Å². The van der Waals surface area contributed by atoms with E-state index in [1.54, 1.807) is 45.0 Å². The van der Waals surface area contributed by atoms with Crippen molar-refractivity contribution >= 4 is 27.7 Å². The Labute approximate surface area is 237 Å². The van der Waals surface area contributed by atoms with Crippen LogP contribution in [0, 0.1) is 5.92 Å². The van der Waals surface area contributed by atoms with E-state index in [4.69, 9.17) is 0 Å². The third-order valence-electron chi connectivity index (χ3n) is 6.93. The van der Waals surface area contributed by atoms with Crippen molar-refractivity contribution in [3.63, 3.8) is 0 Å². The van der Waals surface area contributed by atoms with E-state index in [9.17, 15) is 32.7 Å². The summed E-state index contributed by atoms with van der Waals surface area (Å²) in [6, 6.07) is 9.07. The molecule has 0 unspecified atom stereocenters. The van der Waals surface area contributed by atoms with E-state index in [1.165, 1.54) is 28.6 Å². The molecule has 2 heterocycles. The molecule has 0 spiro atoms. The standard InChI is InChI=1S/C28H28BrF3N4O4/c1-14(2)23(37)24-34-22-13-35(26(39)17-7-10-21(29)20(12-17)28(30,31)32)15(3)11-19(22)27(40)36(24)18-8-5-16(6-9-18)25(38)33-4/h5-10,12,14-15,23,37H,11,13H2,1-4H3,(H,33,38)/t15-,23-/m1/s1. The first-order chi connectivity index (χ1) is 18.7. The number of benzene rings is 2. The van der Waals surface area contributed by atoms with E-state index < -0.39 is 35.4 Å². The van der Waals surface area contributed by atoms with Gasteiger partial charge in [-0.15, -0.1) is 0 Å². The summed E-state index contributed by atoms with van der Waals surface area (Å²) < 4.78 is 41.5. The van der Waals surface area contributed by atoms with E-state index in [1.807, 2.05) is 0 Å². The minimum absolute atomic E-state index is 0.0661. The highest BCUT2D eigenvalue weighted by Gasteiger charge is 2.36. The van der Waals surface area contributed by atoms with Crippen molar-refractivity contribution in [1.29, 1.82) is 0 Å². The molecule has 0 fully saturated rings. The van der Waals surface area contributed by atoms with Gasteiger partial charge in [0, 0.05) is 34.3 Å². The van der Waals surface area contributed by atoms with Crippen LogP contribution in [-0.2, 0) is 19.1 Å². The molecule has 3 aromatic rings. The lowest BCUT2D eigenvalue weighted by molar-refractivity contribution is -0.138. The van der Waals surface area contributed by atoms with Crippen molar-refractivity contribution in [3.05, 3.63) is 91.1 Å². The van der Waals surface area contributed by atoms with Crippen LogP contribution in [-0.4, -0.2) is 44.5 Å². The Balaban J connectivity index is 1.78. The van der Waals surface area contributed by atoms with Crippen LogP contribution in [0.15, 0.2) is 51.7 Å². The molecule has 8 nitrogen and oxygen atoms in total. The molecule has 2 aromatic carbocycles. The molecule has 212 valence electrons. The summed E-state index contributed by atoms with van der Waals surface area (Å²) in [6.07, 6.45) is -5.67. The van der Waals surface area contributed by atoms with E-state index in [0.717, 1.165) is 6.07 Å². The average Bonchev–Trinajstić information content (AvgIpc) is 2.91. The molecule has 0 saturated carbocycles.